The number of alkyl halides is 15. The van der Waals surface area contributed by atoms with Gasteiger partial charge in [0, 0.05) is 169 Å². The number of nitrogens with one attached hydrogen (secondary N) is 3. The predicted molar refractivity (Wildman–Crippen MR) is 419 cm³/mol. The molecule has 654 valence electrons. The summed E-state index contributed by atoms with van der Waals surface area (Å²) in [6.07, 6.45) is -21.6. The minimum atomic E-state index is -4.26. The number of aliphatic hydroxyl groups is 3. The Morgan fingerprint density at radius 1 is 0.392 bits per heavy atom. The van der Waals surface area contributed by atoms with E-state index in [0.29, 0.717) is 150 Å². The van der Waals surface area contributed by atoms with Crippen LogP contribution in [0.3, 0.4) is 0 Å². The van der Waals surface area contributed by atoms with Gasteiger partial charge in [0.1, 0.15) is 35.8 Å². The van der Waals surface area contributed by atoms with Crippen molar-refractivity contribution in [3.8, 4) is 33.4 Å². The van der Waals surface area contributed by atoms with E-state index in [4.69, 9.17) is 29.2 Å². The van der Waals surface area contributed by atoms with Crippen LogP contribution in [0.25, 0.3) is 33.4 Å². The van der Waals surface area contributed by atoms with E-state index in [0.717, 1.165) is 50.1 Å². The lowest BCUT2D eigenvalue weighted by Gasteiger charge is -2.29. The first-order chi connectivity index (χ1) is 56.6. The van der Waals surface area contributed by atoms with Crippen LogP contribution in [-0.2, 0) is 14.2 Å². The summed E-state index contributed by atoms with van der Waals surface area (Å²) in [7, 11) is 0. The van der Waals surface area contributed by atoms with Crippen LogP contribution in [0.5, 0.6) is 0 Å². The average Bonchev–Trinajstić information content (AvgIpc) is 1.53. The molecule has 3 aromatic carbocycles. The van der Waals surface area contributed by atoms with Crippen molar-refractivity contribution < 1.29 is 110 Å². The molecular weight excluding hydrogens is 1610 g/mol. The van der Waals surface area contributed by atoms with Gasteiger partial charge in [-0.1, -0.05) is 18.2 Å². The van der Waals surface area contributed by atoms with Gasteiger partial charge in [0.25, 0.3) is 17.8 Å². The highest BCUT2D eigenvalue weighted by Crippen LogP contribution is 2.50. The molecule has 6 aliphatic heterocycles. The third-order valence-electron chi connectivity index (χ3n) is 24.0. The van der Waals surface area contributed by atoms with Gasteiger partial charge in [0.05, 0.1) is 39.6 Å². The molecule has 36 heteroatoms. The van der Waals surface area contributed by atoms with E-state index in [2.05, 4.69) is 16.0 Å². The lowest BCUT2D eigenvalue weighted by Crippen LogP contribution is -2.37. The quantitative estimate of drug-likeness (QED) is 0.0525. The number of ether oxygens (including phenoxy) is 3. The molecule has 6 saturated heterocycles. The summed E-state index contributed by atoms with van der Waals surface area (Å²) in [6, 6.07) is 25.5. The number of carbonyl (C=O) groups is 3. The van der Waals surface area contributed by atoms with Crippen molar-refractivity contribution in [2.45, 2.75) is 170 Å². The number of aryl methyl sites for hydroxylation is 3. The number of hydrogen-bond acceptors (Lipinski definition) is 15. The highest BCUT2D eigenvalue weighted by molar-refractivity contribution is 5.93. The number of urea groups is 3. The van der Waals surface area contributed by atoms with Crippen molar-refractivity contribution >= 4 is 52.6 Å². The van der Waals surface area contributed by atoms with Gasteiger partial charge in [0.15, 0.2) is 0 Å². The van der Waals surface area contributed by atoms with Crippen LogP contribution < -0.4 is 30.7 Å². The maximum Gasteiger partial charge on any atom is 0.389 e. The summed E-state index contributed by atoms with van der Waals surface area (Å²) in [5, 5.41) is 38.1. The Hall–Kier alpha value is -8.97. The number of amides is 6. The second kappa shape index (κ2) is 36.6. The second-order valence-electron chi connectivity index (χ2n) is 33.1. The Morgan fingerprint density at radius 3 is 0.867 bits per heavy atom. The van der Waals surface area contributed by atoms with Crippen LogP contribution in [-0.4, -0.2) is 236 Å². The standard InChI is InChI=1S/3C28H33F5N4O3/c3*1-17-2-3-21(34-26(39)37-5-4-18(16-37)14-28(31,32)33)13-22(17)19-10-23(20-11-24(38)27(29,30)15-20)35-25(12-19)36-6-8-40-9-7-36/h3*2-3,10,12-13,18,20,24,38H,4-9,11,14-16H2,1H3,(H,34,39)/t18-,20?,24?;18-,20?,24+;18-,20?,24-/m000/s1. The molecule has 9 aliphatic rings. The lowest BCUT2D eigenvalue weighted by atomic mass is 9.95. The first-order valence-electron chi connectivity index (χ1n) is 40.6. The molecular formula is C84H99F15N12O9. The number of rotatable bonds is 15. The molecule has 4 unspecified atom stereocenters. The number of aliphatic hydroxyl groups excluding tert-OH is 3. The molecule has 0 spiro atoms. The zero-order valence-electron chi connectivity index (χ0n) is 66.6. The molecule has 0 radical (unpaired) electrons. The first-order valence-corrected chi connectivity index (χ1v) is 40.6. The summed E-state index contributed by atoms with van der Waals surface area (Å²) in [5.74, 6) is -11.4. The maximum atomic E-state index is 14.2. The van der Waals surface area contributed by atoms with Crippen LogP contribution >= 0.6 is 0 Å². The zero-order chi connectivity index (χ0) is 86.0. The van der Waals surface area contributed by atoms with Crippen molar-refractivity contribution in [1.82, 2.24) is 29.7 Å². The molecule has 3 saturated carbocycles. The molecule has 9 atom stereocenters. The summed E-state index contributed by atoms with van der Waals surface area (Å²) in [6.45, 7) is 13.2. The number of likely N-dealkylation sites (tertiary alicyclic amines) is 3. The van der Waals surface area contributed by atoms with Gasteiger partial charge >= 0.3 is 36.6 Å². The summed E-state index contributed by atoms with van der Waals surface area (Å²) < 4.78 is 217. The highest BCUT2D eigenvalue weighted by Gasteiger charge is 2.52. The number of hydrogen-bond donors (Lipinski definition) is 6. The molecule has 6 aromatic rings. The number of anilines is 6. The Bertz CT molecular complexity index is 4150. The Balaban J connectivity index is 0.000000156. The van der Waals surface area contributed by atoms with E-state index in [1.54, 1.807) is 54.6 Å². The fraction of sp³-hybridized carbons (Fsp3) is 0.571. The number of halogens is 15. The SMILES string of the molecule is Cc1ccc(NC(=O)N2CC[C@@H](CC(F)(F)F)C2)cc1-c1cc(C2CC(O)C(F)(F)C2)nc(N2CCOCC2)c1.Cc1ccc(NC(=O)N2CC[C@@H](CC(F)(F)F)C2)cc1-c1cc(C2C[C@@H](O)C(F)(F)C2)nc(N2CCOCC2)c1.Cc1ccc(NC(=O)N2CC[C@@H](CC(F)(F)F)C2)cc1-c1cc(C2C[C@H](O)C(F)(F)C2)nc(N2CCOCC2)c1. The van der Waals surface area contributed by atoms with Crippen molar-refractivity contribution in [2.75, 3.05) is 149 Å². The van der Waals surface area contributed by atoms with Gasteiger partial charge in [0.2, 0.25) is 0 Å². The summed E-state index contributed by atoms with van der Waals surface area (Å²) in [5.41, 5.74) is 9.95. The predicted octanol–water partition coefficient (Wildman–Crippen LogP) is 16.7. The van der Waals surface area contributed by atoms with Crippen molar-refractivity contribution in [3.05, 3.63) is 125 Å². The van der Waals surface area contributed by atoms with E-state index in [1.807, 2.05) is 71.9 Å². The van der Waals surface area contributed by atoms with Crippen molar-refractivity contribution in [1.29, 1.82) is 0 Å². The topological polar surface area (TPSA) is 234 Å². The summed E-state index contributed by atoms with van der Waals surface area (Å²) >= 11 is 0. The van der Waals surface area contributed by atoms with E-state index >= 15 is 0 Å². The second-order valence-corrected chi connectivity index (χ2v) is 33.1. The largest absolute Gasteiger partial charge is 0.389 e. The van der Waals surface area contributed by atoms with Crippen LogP contribution in [0.15, 0.2) is 91.0 Å². The minimum Gasteiger partial charge on any atom is -0.387 e. The normalized spacial score (nSPS) is 24.9. The molecule has 21 nitrogen and oxygen atoms in total. The molecule has 3 aromatic heterocycles. The fourth-order valence-corrected chi connectivity index (χ4v) is 17.4. The first kappa shape index (κ1) is 88.8. The number of nitrogens with zero attached hydrogens (tertiary/aromatic N) is 9. The fourth-order valence-electron chi connectivity index (χ4n) is 17.4. The highest BCUT2D eigenvalue weighted by atomic mass is 19.4. The van der Waals surface area contributed by atoms with Crippen LogP contribution in [0.4, 0.5) is 115 Å². The van der Waals surface area contributed by atoms with Gasteiger partial charge in [-0.15, -0.1) is 0 Å². The smallest absolute Gasteiger partial charge is 0.387 e. The molecule has 120 heavy (non-hydrogen) atoms. The monoisotopic (exact) mass is 1700 g/mol. The lowest BCUT2D eigenvalue weighted by molar-refractivity contribution is -0.144. The number of aromatic nitrogens is 3. The number of benzene rings is 3. The Labute approximate surface area is 684 Å². The van der Waals surface area contributed by atoms with E-state index < -0.39 is 147 Å². The Kier molecular flexibility index (Phi) is 27.1. The number of morpholine rings is 3. The number of carbonyl (C=O) groups excluding carboxylic acids is 3. The van der Waals surface area contributed by atoms with Crippen LogP contribution in [0.2, 0.25) is 0 Å². The molecule has 0 bridgehead atoms. The van der Waals surface area contributed by atoms with Gasteiger partial charge < -0.3 is 74.9 Å². The van der Waals surface area contributed by atoms with Crippen molar-refractivity contribution in [3.63, 3.8) is 0 Å². The molecule has 9 heterocycles. The van der Waals surface area contributed by atoms with Crippen molar-refractivity contribution in [2.24, 2.45) is 17.8 Å². The third kappa shape index (κ3) is 22.6. The van der Waals surface area contributed by atoms with E-state index in [1.165, 1.54) is 14.7 Å². The molecule has 6 N–H and O–H groups in total. The van der Waals surface area contributed by atoms with Crippen LogP contribution in [0.1, 0.15) is 129 Å². The minimum absolute atomic E-state index is 0.0402. The van der Waals surface area contributed by atoms with Crippen LogP contribution in [0, 0.1) is 38.5 Å². The Morgan fingerprint density at radius 2 is 0.642 bits per heavy atom. The molecule has 15 rings (SSSR count). The molecule has 3 aliphatic carbocycles. The van der Waals surface area contributed by atoms with Gasteiger partial charge in [-0.2, -0.15) is 39.5 Å². The zero-order valence-corrected chi connectivity index (χ0v) is 66.6. The maximum absolute atomic E-state index is 14.2. The van der Waals surface area contributed by atoms with E-state index in [9.17, 15) is 95.6 Å². The third-order valence-corrected chi connectivity index (χ3v) is 24.0. The van der Waals surface area contributed by atoms with Gasteiger partial charge in [-0.3, -0.25) is 0 Å². The van der Waals surface area contributed by atoms with E-state index in [-0.39, 0.29) is 58.5 Å². The molecule has 6 amide bonds. The number of pyridine rings is 3. The average molecular weight is 1710 g/mol. The molecule has 9 fully saturated rings. The van der Waals surface area contributed by atoms with Gasteiger partial charge in [-0.25, -0.2) is 55.7 Å². The van der Waals surface area contributed by atoms with Gasteiger partial charge in [-0.05, 0) is 200 Å². The summed E-state index contributed by atoms with van der Waals surface area (Å²) in [4.78, 5) is 63.0.